The van der Waals surface area contributed by atoms with Crippen LogP contribution >= 0.6 is 0 Å². The van der Waals surface area contributed by atoms with E-state index in [1.807, 2.05) is 65.2 Å². The van der Waals surface area contributed by atoms with Gasteiger partial charge in [-0.3, -0.25) is 9.59 Å². The van der Waals surface area contributed by atoms with Gasteiger partial charge < -0.3 is 58.9 Å². The molecule has 2 fully saturated rings. The van der Waals surface area contributed by atoms with E-state index in [4.69, 9.17) is 28.4 Å². The number of ketones is 1. The van der Waals surface area contributed by atoms with Gasteiger partial charge in [-0.25, -0.2) is 4.68 Å². The molecule has 1 aromatic heterocycles. The molecule has 2 aliphatic rings. The van der Waals surface area contributed by atoms with Crippen LogP contribution in [-0.4, -0.2) is 163 Å². The first-order valence-electron chi connectivity index (χ1n) is 24.2. The van der Waals surface area contributed by atoms with E-state index in [9.17, 15) is 35.1 Å². The van der Waals surface area contributed by atoms with Crippen molar-refractivity contribution < 1.29 is 63.5 Å². The Kier molecular flexibility index (Phi) is 20.5. The topological polar surface area (TPSA) is 225 Å². The summed E-state index contributed by atoms with van der Waals surface area (Å²) in [5.74, 6) is -2.67. The van der Waals surface area contributed by atoms with Crippen molar-refractivity contribution in [1.82, 2.24) is 19.9 Å². The van der Waals surface area contributed by atoms with Crippen molar-refractivity contribution >= 4 is 12.3 Å². The Hall–Kier alpha value is -2.94. The number of ether oxygens (including phenoxy) is 6. The van der Waals surface area contributed by atoms with Crippen LogP contribution < -0.4 is 0 Å². The SMILES string of the molecule is CC[C@@H](OC=O)[C@@](C)(O)[C@H](O)[C@@H](C)C(=O)[C@H](C)CC(C)(OC)[C@H](O[C@@H]1O[C@H](C)C[C@H](N(C)CCc2cn(Cc3ccc(CO)cc3)nn2)[C@H]1O)[C@@H](C)[C@@H](C(C)C)C1C[C@@](C)(OC)[C@@H](O)[C@H](C)O1. The van der Waals surface area contributed by atoms with Crippen LogP contribution in [0.4, 0.5) is 0 Å². The smallest absolute Gasteiger partial charge is 0.293 e. The Morgan fingerprint density at radius 3 is 2.28 bits per heavy atom. The number of aliphatic hydroxyl groups excluding tert-OH is 4. The Labute approximate surface area is 398 Å². The molecule has 0 amide bonds. The normalized spacial score (nSPS) is 29.8. The number of aliphatic hydroxyl groups is 5. The third kappa shape index (κ3) is 13.5. The minimum Gasteiger partial charge on any atom is -0.461 e. The number of nitrogens with zero attached hydrogens (tertiary/aromatic N) is 4. The van der Waals surface area contributed by atoms with Gasteiger partial charge in [0.15, 0.2) is 6.29 Å². The van der Waals surface area contributed by atoms with Crippen molar-refractivity contribution in [2.75, 3.05) is 27.8 Å². The van der Waals surface area contributed by atoms with E-state index >= 15 is 0 Å². The summed E-state index contributed by atoms with van der Waals surface area (Å²) in [5.41, 5.74) is -1.33. The van der Waals surface area contributed by atoms with E-state index in [1.54, 1.807) is 39.7 Å². The number of methoxy groups -OCH3 is 2. The molecule has 2 unspecified atom stereocenters. The van der Waals surface area contributed by atoms with Crippen molar-refractivity contribution in [3.05, 3.63) is 47.3 Å². The van der Waals surface area contributed by atoms with Gasteiger partial charge in [-0.2, -0.15) is 0 Å². The molecule has 3 heterocycles. The Morgan fingerprint density at radius 1 is 1.07 bits per heavy atom. The zero-order valence-electron chi connectivity index (χ0n) is 42.6. The van der Waals surface area contributed by atoms with Crippen LogP contribution in [-0.2, 0) is 57.6 Å². The summed E-state index contributed by atoms with van der Waals surface area (Å²) in [6.45, 7) is 21.5. The third-order valence-electron chi connectivity index (χ3n) is 15.2. The first kappa shape index (κ1) is 56.6. The van der Waals surface area contributed by atoms with Crippen LogP contribution in [0, 0.1) is 29.6 Å². The van der Waals surface area contributed by atoms with Crippen molar-refractivity contribution in [3.8, 4) is 0 Å². The first-order valence-corrected chi connectivity index (χ1v) is 24.2. The number of benzene rings is 1. The van der Waals surface area contributed by atoms with Crippen LogP contribution in [0.25, 0.3) is 0 Å². The number of hydrogen-bond acceptors (Lipinski definition) is 16. The van der Waals surface area contributed by atoms with Gasteiger partial charge >= 0.3 is 0 Å². The van der Waals surface area contributed by atoms with Gasteiger partial charge in [0.05, 0.1) is 60.6 Å². The lowest BCUT2D eigenvalue weighted by molar-refractivity contribution is -0.304. The fourth-order valence-electron chi connectivity index (χ4n) is 10.9. The summed E-state index contributed by atoms with van der Waals surface area (Å²) >= 11 is 0. The van der Waals surface area contributed by atoms with Gasteiger partial charge in [-0.1, -0.05) is 71.0 Å². The molecule has 17 heteroatoms. The zero-order chi connectivity index (χ0) is 50.2. The van der Waals surface area contributed by atoms with Crippen molar-refractivity contribution in [1.29, 1.82) is 0 Å². The molecule has 5 N–H and O–H groups in total. The molecule has 382 valence electrons. The molecular formula is C50H84N4O13. The molecule has 17 atom stereocenters. The zero-order valence-corrected chi connectivity index (χ0v) is 42.6. The van der Waals surface area contributed by atoms with E-state index in [-0.39, 0.29) is 67.7 Å². The largest absolute Gasteiger partial charge is 0.461 e. The molecule has 0 spiro atoms. The molecular weight excluding hydrogens is 865 g/mol. The number of carbonyl (C=O) groups excluding carboxylic acids is 2. The second-order valence-electron chi connectivity index (χ2n) is 20.6. The number of likely N-dealkylation sites (N-methyl/N-ethyl adjacent to an activating group) is 1. The van der Waals surface area contributed by atoms with E-state index in [1.165, 1.54) is 6.92 Å². The van der Waals surface area contributed by atoms with Gasteiger partial charge in [-0.15, -0.1) is 5.10 Å². The molecule has 4 rings (SSSR count). The maximum atomic E-state index is 14.3. The van der Waals surface area contributed by atoms with Crippen LogP contribution in [0.1, 0.15) is 119 Å². The van der Waals surface area contributed by atoms with E-state index < -0.39 is 71.6 Å². The predicted molar refractivity (Wildman–Crippen MR) is 251 cm³/mol. The highest BCUT2D eigenvalue weighted by molar-refractivity contribution is 5.83. The number of rotatable bonds is 26. The average Bonchev–Trinajstić information content (AvgIpc) is 3.75. The lowest BCUT2D eigenvalue weighted by atomic mass is 9.68. The highest BCUT2D eigenvalue weighted by Gasteiger charge is 2.54. The minimum atomic E-state index is -1.91. The summed E-state index contributed by atoms with van der Waals surface area (Å²) in [5, 5.41) is 64.3. The van der Waals surface area contributed by atoms with E-state index in [0.29, 0.717) is 32.4 Å². The molecule has 0 bridgehead atoms. The van der Waals surface area contributed by atoms with Crippen LogP contribution in [0.15, 0.2) is 30.5 Å². The van der Waals surface area contributed by atoms with Gasteiger partial charge in [0.25, 0.3) is 6.47 Å². The summed E-state index contributed by atoms with van der Waals surface area (Å²) in [6.07, 6.45) is -3.95. The van der Waals surface area contributed by atoms with Crippen molar-refractivity contribution in [3.63, 3.8) is 0 Å². The molecule has 2 saturated heterocycles. The highest BCUT2D eigenvalue weighted by Crippen LogP contribution is 2.45. The second kappa shape index (κ2) is 24.3. The quantitative estimate of drug-likeness (QED) is 0.0838. The third-order valence-corrected chi connectivity index (χ3v) is 15.2. The van der Waals surface area contributed by atoms with Crippen molar-refractivity contribution in [2.24, 2.45) is 29.6 Å². The van der Waals surface area contributed by atoms with E-state index in [2.05, 4.69) is 36.0 Å². The number of carbonyl (C=O) groups is 2. The molecule has 0 saturated carbocycles. The number of hydrogen-bond donors (Lipinski definition) is 5. The van der Waals surface area contributed by atoms with Crippen LogP contribution in [0.5, 0.6) is 0 Å². The van der Waals surface area contributed by atoms with Gasteiger partial charge in [0, 0.05) is 57.7 Å². The monoisotopic (exact) mass is 949 g/mol. The lowest BCUT2D eigenvalue weighted by Crippen LogP contribution is -2.61. The maximum Gasteiger partial charge on any atom is 0.293 e. The van der Waals surface area contributed by atoms with Gasteiger partial charge in [0.1, 0.15) is 29.7 Å². The summed E-state index contributed by atoms with van der Waals surface area (Å²) < 4.78 is 39.5. The Morgan fingerprint density at radius 2 is 1.72 bits per heavy atom. The molecule has 1 aromatic carbocycles. The van der Waals surface area contributed by atoms with Crippen LogP contribution in [0.3, 0.4) is 0 Å². The maximum absolute atomic E-state index is 14.3. The molecule has 0 radical (unpaired) electrons. The predicted octanol–water partition coefficient (Wildman–Crippen LogP) is 4.09. The number of Topliss-reactive ketones (excluding diaryl/α,β-unsaturated/α-hetero) is 1. The average molecular weight is 949 g/mol. The Balaban J connectivity index is 1.63. The lowest BCUT2D eigenvalue weighted by Gasteiger charge is -2.52. The van der Waals surface area contributed by atoms with Gasteiger partial charge in [-0.05, 0) is 89.8 Å². The molecule has 0 aliphatic carbocycles. The summed E-state index contributed by atoms with van der Waals surface area (Å²) in [7, 11) is 5.11. The fraction of sp³-hybridized carbons (Fsp3) is 0.800. The molecule has 17 nitrogen and oxygen atoms in total. The standard InChI is InChI=1S/C50H84N4O13/c1-15-40(64-28-56)50(11,61)44(59)33(7)42(57)30(4)23-49(10,63-14)46(32(6)41(29(2)3)39-24-48(9,62-13)45(60)34(8)66-39)67-47-43(58)38(22-31(5)65-47)53(12)21-20-37-26-54(52-51-37)25-35-16-18-36(27-55)19-17-35/h16-19,26,28-34,38-41,43-47,55,58-61H,15,20-25,27H2,1-14H3/t30-,31-,32+,33+,34+,38+,39?,40-,41-,43-,44-,45+,46-,47+,48-,49?,50-/m1/s1. The highest BCUT2D eigenvalue weighted by atomic mass is 16.7. The molecule has 67 heavy (non-hydrogen) atoms. The summed E-state index contributed by atoms with van der Waals surface area (Å²) in [4.78, 5) is 27.6. The van der Waals surface area contributed by atoms with Crippen LogP contribution in [0.2, 0.25) is 0 Å². The second-order valence-corrected chi connectivity index (χ2v) is 20.6. The fourth-order valence-corrected chi connectivity index (χ4v) is 10.9. The first-order chi connectivity index (χ1) is 31.4. The summed E-state index contributed by atoms with van der Waals surface area (Å²) in [6, 6.07) is 7.32. The van der Waals surface area contributed by atoms with Crippen molar-refractivity contribution in [2.45, 2.75) is 199 Å². The minimum absolute atomic E-state index is 0.0152. The molecule has 2 aliphatic heterocycles. The Bertz CT molecular complexity index is 1830. The van der Waals surface area contributed by atoms with Gasteiger partial charge in [0.2, 0.25) is 0 Å². The number of aromatic nitrogens is 3. The molecule has 2 aromatic rings. The van der Waals surface area contributed by atoms with E-state index in [0.717, 1.165) is 16.8 Å².